The molecule has 0 aliphatic heterocycles. The molecule has 3 heteroatoms. The first-order chi connectivity index (χ1) is 8.77. The van der Waals surface area contributed by atoms with Gasteiger partial charge in [-0.05, 0) is 17.4 Å². The van der Waals surface area contributed by atoms with E-state index in [2.05, 4.69) is 0 Å². The number of carbonyl (C=O) groups is 2. The van der Waals surface area contributed by atoms with E-state index in [1.807, 2.05) is 37.3 Å². The highest BCUT2D eigenvalue weighted by molar-refractivity contribution is 5.51. The first-order valence-electron chi connectivity index (χ1n) is 6.26. The van der Waals surface area contributed by atoms with Crippen molar-refractivity contribution in [2.45, 2.75) is 26.4 Å². The molecule has 0 aromatic heterocycles. The van der Waals surface area contributed by atoms with Crippen LogP contribution in [-0.4, -0.2) is 19.2 Å². The van der Waals surface area contributed by atoms with E-state index < -0.39 is 0 Å². The minimum atomic E-state index is 0.122. The van der Waals surface area contributed by atoms with Crippen LogP contribution in [0.2, 0.25) is 0 Å². The largest absolute Gasteiger partial charge is 0.376 e. The fourth-order valence-corrected chi connectivity index (χ4v) is 1.83. The van der Waals surface area contributed by atoms with Crippen molar-refractivity contribution in [1.82, 2.24) is 0 Å². The van der Waals surface area contributed by atoms with Gasteiger partial charge in [-0.3, -0.25) is 0 Å². The Hall–Kier alpha value is -1.48. The van der Waals surface area contributed by atoms with Gasteiger partial charge < -0.3 is 14.3 Å². The second-order valence-corrected chi connectivity index (χ2v) is 4.54. The molecule has 18 heavy (non-hydrogen) atoms. The summed E-state index contributed by atoms with van der Waals surface area (Å²) in [5, 5.41) is 0. The van der Waals surface area contributed by atoms with E-state index in [9.17, 15) is 9.59 Å². The topological polar surface area (TPSA) is 43.4 Å². The molecule has 0 saturated heterocycles. The first-order valence-corrected chi connectivity index (χ1v) is 6.26. The molecule has 0 N–H and O–H groups in total. The highest BCUT2D eigenvalue weighted by atomic mass is 16.5. The molecular weight excluding hydrogens is 228 g/mol. The van der Waals surface area contributed by atoms with Crippen LogP contribution < -0.4 is 0 Å². The Kier molecular flexibility index (Phi) is 6.96. The summed E-state index contributed by atoms with van der Waals surface area (Å²) in [5.74, 6) is 0.305. The second kappa shape index (κ2) is 8.59. The smallest absolute Gasteiger partial charge is 0.120 e. The van der Waals surface area contributed by atoms with Crippen LogP contribution in [0.25, 0.3) is 0 Å². The van der Waals surface area contributed by atoms with Crippen molar-refractivity contribution in [3.8, 4) is 0 Å². The molecule has 0 aliphatic rings. The van der Waals surface area contributed by atoms with Crippen LogP contribution in [-0.2, 0) is 20.9 Å². The zero-order valence-corrected chi connectivity index (χ0v) is 10.7. The third-order valence-corrected chi connectivity index (χ3v) is 3.12. The molecule has 1 aromatic carbocycles. The van der Waals surface area contributed by atoms with Gasteiger partial charge in [-0.2, -0.15) is 0 Å². The van der Waals surface area contributed by atoms with E-state index in [0.29, 0.717) is 26.1 Å². The third-order valence-electron chi connectivity index (χ3n) is 3.12. The van der Waals surface area contributed by atoms with Gasteiger partial charge in [0.15, 0.2) is 0 Å². The van der Waals surface area contributed by atoms with Gasteiger partial charge in [0.05, 0.1) is 13.2 Å². The number of benzene rings is 1. The molecule has 0 heterocycles. The number of hydrogen-bond acceptors (Lipinski definition) is 3. The van der Waals surface area contributed by atoms with Crippen LogP contribution in [0.5, 0.6) is 0 Å². The van der Waals surface area contributed by atoms with Gasteiger partial charge in [0.2, 0.25) is 0 Å². The fraction of sp³-hybridized carbons (Fsp3) is 0.467. The van der Waals surface area contributed by atoms with Gasteiger partial charge in [0.25, 0.3) is 0 Å². The van der Waals surface area contributed by atoms with E-state index >= 15 is 0 Å². The summed E-state index contributed by atoms with van der Waals surface area (Å²) in [6.07, 6.45) is 2.73. The highest BCUT2D eigenvalue weighted by Gasteiger charge is 2.16. The van der Waals surface area contributed by atoms with Gasteiger partial charge in [-0.1, -0.05) is 37.3 Å². The average Bonchev–Trinajstić information content (AvgIpc) is 2.39. The molecular formula is C15H20O3. The molecule has 1 rings (SSSR count). The van der Waals surface area contributed by atoms with Crippen LogP contribution in [0.1, 0.15) is 25.3 Å². The number of carbonyl (C=O) groups excluding carboxylic acids is 2. The maximum Gasteiger partial charge on any atom is 0.120 e. The monoisotopic (exact) mass is 248 g/mol. The lowest BCUT2D eigenvalue weighted by Crippen LogP contribution is -2.19. The lowest BCUT2D eigenvalue weighted by molar-refractivity contribution is -0.112. The Balaban J connectivity index is 2.37. The standard InChI is InChI=1S/C15H20O3/c1-13(7-9-16)15(8-10-17)12-18-11-14-5-3-2-4-6-14/h2-6,9-10,13,15H,7-8,11-12H2,1H3/t13-,15+/m0/s1. The molecule has 0 aliphatic carbocycles. The Morgan fingerprint density at radius 3 is 2.39 bits per heavy atom. The average molecular weight is 248 g/mol. The SMILES string of the molecule is C[C@@H](CC=O)[C@H](CC=O)COCc1ccccc1. The van der Waals surface area contributed by atoms with Crippen molar-refractivity contribution in [3.63, 3.8) is 0 Å². The maximum atomic E-state index is 10.6. The van der Waals surface area contributed by atoms with Crippen LogP contribution in [0.4, 0.5) is 0 Å². The normalized spacial score (nSPS) is 13.8. The maximum absolute atomic E-state index is 10.6. The molecule has 0 fully saturated rings. The van der Waals surface area contributed by atoms with Gasteiger partial charge >= 0.3 is 0 Å². The molecule has 0 spiro atoms. The number of ether oxygens (including phenoxy) is 1. The molecule has 0 radical (unpaired) electrons. The molecule has 98 valence electrons. The van der Waals surface area contributed by atoms with Crippen LogP contribution in [0.3, 0.4) is 0 Å². The van der Waals surface area contributed by atoms with Gasteiger partial charge in [0, 0.05) is 12.8 Å². The van der Waals surface area contributed by atoms with Crippen molar-refractivity contribution >= 4 is 12.6 Å². The first kappa shape index (κ1) is 14.6. The Bertz CT molecular complexity index is 348. The summed E-state index contributed by atoms with van der Waals surface area (Å²) >= 11 is 0. The predicted octanol–water partition coefficient (Wildman–Crippen LogP) is 2.63. The molecule has 0 saturated carbocycles. The van der Waals surface area contributed by atoms with Gasteiger partial charge in [0.1, 0.15) is 12.6 Å². The highest BCUT2D eigenvalue weighted by Crippen LogP contribution is 2.18. The van der Waals surface area contributed by atoms with Crippen molar-refractivity contribution in [2.75, 3.05) is 6.61 Å². The van der Waals surface area contributed by atoms with Crippen LogP contribution in [0, 0.1) is 11.8 Å². The van der Waals surface area contributed by atoms with Gasteiger partial charge in [-0.15, -0.1) is 0 Å². The van der Waals surface area contributed by atoms with Crippen LogP contribution >= 0.6 is 0 Å². The lowest BCUT2D eigenvalue weighted by Gasteiger charge is -2.20. The Labute approximate surface area is 108 Å². The summed E-state index contributed by atoms with van der Waals surface area (Å²) in [5.41, 5.74) is 1.12. The fourth-order valence-electron chi connectivity index (χ4n) is 1.83. The quantitative estimate of drug-likeness (QED) is 0.631. The lowest BCUT2D eigenvalue weighted by atomic mass is 9.90. The van der Waals surface area contributed by atoms with Crippen LogP contribution in [0.15, 0.2) is 30.3 Å². The minimum Gasteiger partial charge on any atom is -0.376 e. The van der Waals surface area contributed by atoms with E-state index in [-0.39, 0.29) is 11.8 Å². The minimum absolute atomic E-state index is 0.122. The summed E-state index contributed by atoms with van der Waals surface area (Å²) in [4.78, 5) is 21.1. The number of rotatable bonds is 9. The van der Waals surface area contributed by atoms with Crippen molar-refractivity contribution in [1.29, 1.82) is 0 Å². The Morgan fingerprint density at radius 1 is 1.11 bits per heavy atom. The summed E-state index contributed by atoms with van der Waals surface area (Å²) in [6, 6.07) is 9.91. The summed E-state index contributed by atoms with van der Waals surface area (Å²) in [7, 11) is 0. The zero-order valence-electron chi connectivity index (χ0n) is 10.7. The number of aldehydes is 2. The van der Waals surface area contributed by atoms with E-state index in [0.717, 1.165) is 18.1 Å². The third kappa shape index (κ3) is 5.23. The van der Waals surface area contributed by atoms with Gasteiger partial charge in [-0.25, -0.2) is 0 Å². The van der Waals surface area contributed by atoms with E-state index in [4.69, 9.17) is 4.74 Å². The van der Waals surface area contributed by atoms with Crippen molar-refractivity contribution in [2.24, 2.45) is 11.8 Å². The molecule has 0 unspecified atom stereocenters. The molecule has 0 amide bonds. The molecule has 0 bridgehead atoms. The van der Waals surface area contributed by atoms with E-state index in [1.165, 1.54) is 0 Å². The van der Waals surface area contributed by atoms with E-state index in [1.54, 1.807) is 0 Å². The Morgan fingerprint density at radius 2 is 1.78 bits per heavy atom. The number of hydrogen-bond donors (Lipinski definition) is 0. The van der Waals surface area contributed by atoms with Crippen molar-refractivity contribution in [3.05, 3.63) is 35.9 Å². The summed E-state index contributed by atoms with van der Waals surface area (Å²) < 4.78 is 5.63. The molecule has 1 aromatic rings. The zero-order chi connectivity index (χ0) is 13.2. The summed E-state index contributed by atoms with van der Waals surface area (Å²) in [6.45, 7) is 3.04. The van der Waals surface area contributed by atoms with Crippen molar-refractivity contribution < 1.29 is 14.3 Å². The predicted molar refractivity (Wildman–Crippen MR) is 70.1 cm³/mol. The second-order valence-electron chi connectivity index (χ2n) is 4.54. The molecule has 3 nitrogen and oxygen atoms in total. The molecule has 2 atom stereocenters.